The van der Waals surface area contributed by atoms with Gasteiger partial charge in [0.2, 0.25) is 11.9 Å². The molecule has 1 amide bonds. The molecule has 0 spiro atoms. The van der Waals surface area contributed by atoms with Crippen LogP contribution in [0.1, 0.15) is 32.0 Å². The summed E-state index contributed by atoms with van der Waals surface area (Å²) in [6.07, 6.45) is 2.90. The van der Waals surface area contributed by atoms with E-state index in [9.17, 15) is 4.79 Å². The van der Waals surface area contributed by atoms with E-state index < -0.39 is 0 Å². The van der Waals surface area contributed by atoms with E-state index in [0.29, 0.717) is 12.4 Å². The van der Waals surface area contributed by atoms with Crippen molar-refractivity contribution in [2.24, 2.45) is 0 Å². The van der Waals surface area contributed by atoms with Gasteiger partial charge < -0.3 is 9.55 Å². The van der Waals surface area contributed by atoms with Gasteiger partial charge in [0, 0.05) is 19.4 Å². The summed E-state index contributed by atoms with van der Waals surface area (Å²) in [5.74, 6) is 1.53. The number of hydrogen-bond donors (Lipinski definition) is 2. The number of fused-ring (bicyclic) bond motifs is 2. The molecule has 138 valence electrons. The molecule has 4 aromatic rings. The summed E-state index contributed by atoms with van der Waals surface area (Å²) in [5.41, 5.74) is 3.95. The quantitative estimate of drug-likeness (QED) is 0.516. The average Bonchev–Trinajstić information content (AvgIpc) is 3.23. The van der Waals surface area contributed by atoms with E-state index in [1.54, 1.807) is 0 Å². The smallest absolute Gasteiger partial charge is 0.226 e. The Morgan fingerprint density at radius 2 is 1.85 bits per heavy atom. The van der Waals surface area contributed by atoms with Crippen LogP contribution in [-0.2, 0) is 17.8 Å². The number of rotatable bonds is 7. The molecule has 27 heavy (non-hydrogen) atoms. The second kappa shape index (κ2) is 7.61. The molecule has 0 radical (unpaired) electrons. The number of benzene rings is 2. The Morgan fingerprint density at radius 3 is 2.67 bits per heavy atom. The van der Waals surface area contributed by atoms with Crippen molar-refractivity contribution in [2.75, 3.05) is 5.32 Å². The fourth-order valence-corrected chi connectivity index (χ4v) is 3.35. The second-order valence-electron chi connectivity index (χ2n) is 6.68. The van der Waals surface area contributed by atoms with Crippen molar-refractivity contribution in [2.45, 2.75) is 39.2 Å². The Balaban J connectivity index is 1.39. The molecule has 0 saturated heterocycles. The highest BCUT2D eigenvalue weighted by molar-refractivity contribution is 5.91. The van der Waals surface area contributed by atoms with Crippen molar-refractivity contribution in [1.82, 2.24) is 19.5 Å². The standard InChI is InChI=1S/C21H23N5O/c1-2-14-26-18-11-6-5-10-17(18)24-21(26)25-20(27)13-7-12-19-22-15-8-3-4-9-16(15)23-19/h3-6,8-11H,2,7,12-14H2,1H3,(H,22,23)(H,24,25,27). The Labute approximate surface area is 157 Å². The lowest BCUT2D eigenvalue weighted by Crippen LogP contribution is -2.16. The molecule has 0 atom stereocenters. The zero-order valence-electron chi connectivity index (χ0n) is 15.4. The van der Waals surface area contributed by atoms with Crippen molar-refractivity contribution >= 4 is 33.9 Å². The largest absolute Gasteiger partial charge is 0.342 e. The summed E-state index contributed by atoms with van der Waals surface area (Å²) in [4.78, 5) is 24.9. The van der Waals surface area contributed by atoms with Crippen LogP contribution in [0.4, 0.5) is 5.95 Å². The summed E-state index contributed by atoms with van der Waals surface area (Å²) < 4.78 is 2.08. The SMILES string of the molecule is CCCn1c(NC(=O)CCCc2nc3ccccc3[nH]2)nc2ccccc21. The molecule has 4 rings (SSSR count). The Bertz CT molecular complexity index is 1050. The highest BCUT2D eigenvalue weighted by Gasteiger charge is 2.12. The van der Waals surface area contributed by atoms with Crippen molar-refractivity contribution in [3.8, 4) is 0 Å². The number of imidazole rings is 2. The Kier molecular flexibility index (Phi) is 4.87. The van der Waals surface area contributed by atoms with Crippen molar-refractivity contribution in [1.29, 1.82) is 0 Å². The first-order valence-corrected chi connectivity index (χ1v) is 9.43. The van der Waals surface area contributed by atoms with Gasteiger partial charge in [0.1, 0.15) is 5.82 Å². The van der Waals surface area contributed by atoms with Crippen LogP contribution < -0.4 is 5.32 Å². The number of para-hydroxylation sites is 4. The molecule has 0 aliphatic rings. The van der Waals surface area contributed by atoms with Gasteiger partial charge in [-0.3, -0.25) is 10.1 Å². The third kappa shape index (κ3) is 3.69. The minimum absolute atomic E-state index is 0.0150. The van der Waals surface area contributed by atoms with Crippen LogP contribution >= 0.6 is 0 Å². The van der Waals surface area contributed by atoms with Gasteiger partial charge in [0.05, 0.1) is 22.1 Å². The molecule has 0 aliphatic carbocycles. The number of nitrogens with zero attached hydrogens (tertiary/aromatic N) is 3. The molecule has 6 heteroatoms. The highest BCUT2D eigenvalue weighted by Crippen LogP contribution is 2.20. The second-order valence-corrected chi connectivity index (χ2v) is 6.68. The van der Waals surface area contributed by atoms with E-state index in [-0.39, 0.29) is 5.91 Å². The number of aromatic nitrogens is 4. The molecule has 0 fully saturated rings. The van der Waals surface area contributed by atoms with Gasteiger partial charge >= 0.3 is 0 Å². The zero-order chi connectivity index (χ0) is 18.6. The van der Waals surface area contributed by atoms with E-state index in [4.69, 9.17) is 0 Å². The van der Waals surface area contributed by atoms with Crippen LogP contribution in [-0.4, -0.2) is 25.4 Å². The van der Waals surface area contributed by atoms with E-state index in [2.05, 4.69) is 31.8 Å². The minimum Gasteiger partial charge on any atom is -0.342 e. The van der Waals surface area contributed by atoms with Crippen molar-refractivity contribution < 1.29 is 4.79 Å². The summed E-state index contributed by atoms with van der Waals surface area (Å²) in [6.45, 7) is 2.95. The monoisotopic (exact) mass is 361 g/mol. The molecule has 0 bridgehead atoms. The maximum Gasteiger partial charge on any atom is 0.226 e. The molecule has 2 N–H and O–H groups in total. The maximum atomic E-state index is 12.4. The Hall–Kier alpha value is -3.15. The first kappa shape index (κ1) is 17.3. The highest BCUT2D eigenvalue weighted by atomic mass is 16.1. The van der Waals surface area contributed by atoms with Crippen LogP contribution in [0.15, 0.2) is 48.5 Å². The van der Waals surface area contributed by atoms with Crippen molar-refractivity contribution in [3.05, 3.63) is 54.4 Å². The van der Waals surface area contributed by atoms with Gasteiger partial charge in [0.25, 0.3) is 0 Å². The van der Waals surface area contributed by atoms with Crippen LogP contribution in [0.3, 0.4) is 0 Å². The number of hydrogen-bond acceptors (Lipinski definition) is 3. The predicted molar refractivity (Wildman–Crippen MR) is 108 cm³/mol. The summed E-state index contributed by atoms with van der Waals surface area (Å²) in [7, 11) is 0. The third-order valence-electron chi connectivity index (χ3n) is 4.61. The van der Waals surface area contributed by atoms with Gasteiger partial charge in [-0.25, -0.2) is 9.97 Å². The lowest BCUT2D eigenvalue weighted by molar-refractivity contribution is -0.116. The van der Waals surface area contributed by atoms with Crippen LogP contribution in [0.25, 0.3) is 22.1 Å². The number of aryl methyl sites for hydroxylation is 2. The number of carbonyl (C=O) groups is 1. The molecular formula is C21H23N5O. The van der Waals surface area contributed by atoms with Gasteiger partial charge in [-0.1, -0.05) is 31.2 Å². The van der Waals surface area contributed by atoms with Crippen LogP contribution in [0.2, 0.25) is 0 Å². The van der Waals surface area contributed by atoms with E-state index in [0.717, 1.165) is 53.7 Å². The van der Waals surface area contributed by atoms with Gasteiger partial charge in [-0.2, -0.15) is 0 Å². The lowest BCUT2D eigenvalue weighted by Gasteiger charge is -2.08. The van der Waals surface area contributed by atoms with Crippen LogP contribution in [0, 0.1) is 0 Å². The molecule has 0 unspecified atom stereocenters. The maximum absolute atomic E-state index is 12.4. The number of aromatic amines is 1. The van der Waals surface area contributed by atoms with E-state index >= 15 is 0 Å². The number of H-pyrrole nitrogens is 1. The number of carbonyl (C=O) groups excluding carboxylic acids is 1. The normalized spacial score (nSPS) is 11.3. The van der Waals surface area contributed by atoms with Gasteiger partial charge in [-0.05, 0) is 37.1 Å². The summed E-state index contributed by atoms with van der Waals surface area (Å²) >= 11 is 0. The van der Waals surface area contributed by atoms with E-state index in [1.807, 2.05) is 48.5 Å². The fraction of sp³-hybridized carbons (Fsp3) is 0.286. The molecule has 2 aromatic carbocycles. The lowest BCUT2D eigenvalue weighted by atomic mass is 10.2. The average molecular weight is 361 g/mol. The summed E-state index contributed by atoms with van der Waals surface area (Å²) in [6, 6.07) is 15.9. The molecule has 2 aromatic heterocycles. The molecule has 0 saturated carbocycles. The molecule has 2 heterocycles. The minimum atomic E-state index is -0.0150. The summed E-state index contributed by atoms with van der Waals surface area (Å²) in [5, 5.41) is 2.98. The number of amides is 1. The fourth-order valence-electron chi connectivity index (χ4n) is 3.35. The predicted octanol–water partition coefficient (Wildman–Crippen LogP) is 4.28. The molecule has 6 nitrogen and oxygen atoms in total. The molecule has 0 aliphatic heterocycles. The first-order chi connectivity index (χ1) is 13.2. The van der Waals surface area contributed by atoms with Gasteiger partial charge in [0.15, 0.2) is 0 Å². The van der Waals surface area contributed by atoms with Crippen molar-refractivity contribution in [3.63, 3.8) is 0 Å². The number of nitrogens with one attached hydrogen (secondary N) is 2. The first-order valence-electron chi connectivity index (χ1n) is 9.43. The van der Waals surface area contributed by atoms with E-state index in [1.165, 1.54) is 0 Å². The topological polar surface area (TPSA) is 75.6 Å². The third-order valence-corrected chi connectivity index (χ3v) is 4.61. The Morgan fingerprint density at radius 1 is 1.07 bits per heavy atom. The zero-order valence-corrected chi connectivity index (χ0v) is 15.4. The van der Waals surface area contributed by atoms with Crippen LogP contribution in [0.5, 0.6) is 0 Å². The molecular weight excluding hydrogens is 338 g/mol. The van der Waals surface area contributed by atoms with Gasteiger partial charge in [-0.15, -0.1) is 0 Å². The number of anilines is 1.